The van der Waals surface area contributed by atoms with E-state index in [-0.39, 0.29) is 33.0 Å². The average molecular weight is 1360 g/mol. The van der Waals surface area contributed by atoms with Crippen LogP contribution in [0, 0.1) is 0 Å². The van der Waals surface area contributed by atoms with Crippen molar-refractivity contribution in [1.29, 1.82) is 0 Å². The first-order valence-corrected chi connectivity index (χ1v) is 30.7. The maximum absolute atomic E-state index is 15.0. The second kappa shape index (κ2) is 29.5. The van der Waals surface area contributed by atoms with Gasteiger partial charge < -0.3 is 103 Å². The molecule has 25 nitrogen and oxygen atoms in total. The molecule has 2 heterocycles. The van der Waals surface area contributed by atoms with Gasteiger partial charge in [0.05, 0.1) is 27.8 Å². The van der Waals surface area contributed by atoms with Gasteiger partial charge in [-0.05, 0) is 70.3 Å². The van der Waals surface area contributed by atoms with Crippen LogP contribution in [0.4, 0.5) is 0 Å². The fourth-order valence-corrected chi connectivity index (χ4v) is 11.0. The lowest BCUT2D eigenvalue weighted by Crippen LogP contribution is -2.63. The van der Waals surface area contributed by atoms with E-state index in [1.165, 1.54) is 0 Å². The number of phenolic OH excluding ortho intramolecular Hbond substituents is 10. The Morgan fingerprint density at radius 1 is 0.360 bits per heavy atom. The molecule has 0 unspecified atom stereocenters. The predicted octanol–water partition coefficient (Wildman–Crippen LogP) is 11.3. The van der Waals surface area contributed by atoms with Gasteiger partial charge in [0.2, 0.25) is 41.1 Å². The maximum Gasteiger partial charge on any atom is 0.339 e. The summed E-state index contributed by atoms with van der Waals surface area (Å²) in [5.74, 6) is -18.1. The molecule has 25 heteroatoms. The van der Waals surface area contributed by atoms with Crippen molar-refractivity contribution in [2.24, 2.45) is 0 Å². The topological polar surface area (TPSA) is 372 Å². The largest absolute Gasteiger partial charge is 0.504 e. The second-order valence-electron chi connectivity index (χ2n) is 22.7. The standard InChI is InChI=1S/C75H60O25/c76-49-26-45(27-50(77)63(49)90-34-40-16-6-1-7-17-40)71(86)98-68-58-39-95-74(89)48-32-55(82)66(93-37-43-22-12-4-13-23-43)61(84)59(48)60-57(33-56(83)67(62(60)85)94-38-44-24-14-5-15-25-44)96-75(97-58)70(100-73(88)47-30-53(80)65(54(81)31-47)92-36-42-20-10-3-11-21-42)69(68)99-72(87)46-28-51(78)64(52(79)29-46)91-35-41-18-8-2-9-19-41/h1-33,58,68-70,75-85H,34-39H2/t58-,68-,69+,70-,75-/m1/s1. The van der Waals surface area contributed by atoms with Gasteiger partial charge in [-0.15, -0.1) is 0 Å². The molecule has 0 amide bonds. The number of benzene rings is 10. The van der Waals surface area contributed by atoms with Gasteiger partial charge >= 0.3 is 23.9 Å². The third-order valence-electron chi connectivity index (χ3n) is 15.8. The molecule has 12 rings (SSSR count). The van der Waals surface area contributed by atoms with Crippen LogP contribution in [-0.2, 0) is 56.7 Å². The third kappa shape index (κ3) is 14.8. The Labute approximate surface area is 567 Å². The van der Waals surface area contributed by atoms with E-state index in [0.29, 0.717) is 27.8 Å². The average Bonchev–Trinajstić information content (AvgIpc) is 1.12. The quantitative estimate of drug-likeness (QED) is 0.0236. The molecule has 0 aliphatic carbocycles. The van der Waals surface area contributed by atoms with Crippen molar-refractivity contribution in [2.75, 3.05) is 6.61 Å². The molecule has 0 radical (unpaired) electrons. The lowest BCUT2D eigenvalue weighted by atomic mass is 9.94. The Morgan fingerprint density at radius 2 is 0.660 bits per heavy atom. The molecule has 0 saturated carbocycles. The van der Waals surface area contributed by atoms with Gasteiger partial charge in [0.25, 0.3) is 0 Å². The van der Waals surface area contributed by atoms with E-state index in [1.54, 1.807) is 152 Å². The summed E-state index contributed by atoms with van der Waals surface area (Å²) in [6.07, 6.45) is -11.5. The summed E-state index contributed by atoms with van der Waals surface area (Å²) in [6, 6.07) is 49.4. The summed E-state index contributed by atoms with van der Waals surface area (Å²) in [5.41, 5.74) is -1.18. The van der Waals surface area contributed by atoms with Crippen LogP contribution in [0.15, 0.2) is 200 Å². The van der Waals surface area contributed by atoms with Crippen molar-refractivity contribution in [2.45, 2.75) is 63.7 Å². The number of hydrogen-bond donors (Lipinski definition) is 10. The van der Waals surface area contributed by atoms with Crippen LogP contribution in [-0.4, -0.2) is 112 Å². The first-order valence-electron chi connectivity index (χ1n) is 30.7. The van der Waals surface area contributed by atoms with E-state index in [9.17, 15) is 55.9 Å². The molecular formula is C75H60O25. The number of hydrogen-bond acceptors (Lipinski definition) is 25. The SMILES string of the molecule is O=C(O[C@@H]1[C@@H](OC(=O)c2cc(O)c(OCc3ccccc3)c(O)c2)[C@@H]2Oc3cc(O)c(OCc4ccccc4)c(O)c3-c3c(cc(O)c(OCc4ccccc4)c3O)C(=O)OC[C@@H](O2)[C@H]1OC(=O)c1cc(O)c(OCc2ccccc2)c(O)c1)c1cc(O)c(OCc2ccccc2)c(O)c1. The lowest BCUT2D eigenvalue weighted by molar-refractivity contribution is -0.275. The smallest absolute Gasteiger partial charge is 0.339 e. The molecule has 2 bridgehead atoms. The van der Waals surface area contributed by atoms with Crippen LogP contribution in [0.2, 0.25) is 0 Å². The molecule has 1 saturated heterocycles. The molecule has 10 aromatic rings. The van der Waals surface area contributed by atoms with Crippen LogP contribution >= 0.6 is 0 Å². The Bertz CT molecular complexity index is 4580. The summed E-state index contributed by atoms with van der Waals surface area (Å²) in [5, 5.41) is 117. The van der Waals surface area contributed by atoms with E-state index in [4.69, 9.17) is 52.1 Å². The van der Waals surface area contributed by atoms with Gasteiger partial charge in [-0.2, -0.15) is 0 Å². The van der Waals surface area contributed by atoms with Gasteiger partial charge in [0, 0.05) is 11.6 Å². The molecule has 1 fully saturated rings. The molecule has 5 atom stereocenters. The number of cyclic esters (lactones) is 1. The van der Waals surface area contributed by atoms with Crippen LogP contribution in [0.5, 0.6) is 92.0 Å². The summed E-state index contributed by atoms with van der Waals surface area (Å²) in [6.45, 7) is -2.25. The molecule has 100 heavy (non-hydrogen) atoms. The minimum absolute atomic E-state index is 0.161. The van der Waals surface area contributed by atoms with Gasteiger partial charge in [0.15, 0.2) is 69.7 Å². The number of aromatic hydroxyl groups is 10. The third-order valence-corrected chi connectivity index (χ3v) is 15.8. The van der Waals surface area contributed by atoms with E-state index < -0.39 is 187 Å². The molecule has 10 N–H and O–H groups in total. The fourth-order valence-electron chi connectivity index (χ4n) is 11.0. The van der Waals surface area contributed by atoms with E-state index in [2.05, 4.69) is 0 Å². The molecule has 510 valence electrons. The molecule has 0 aromatic heterocycles. The summed E-state index contributed by atoms with van der Waals surface area (Å²) in [7, 11) is 0. The van der Waals surface area contributed by atoms with E-state index >= 15 is 14.4 Å². The number of rotatable bonds is 21. The summed E-state index contributed by atoms with van der Waals surface area (Å²) < 4.78 is 66.7. The molecule has 10 aromatic carbocycles. The molecule has 2 aliphatic heterocycles. The van der Waals surface area contributed by atoms with Gasteiger partial charge in [-0.1, -0.05) is 152 Å². The van der Waals surface area contributed by atoms with Crippen molar-refractivity contribution in [3.8, 4) is 103 Å². The summed E-state index contributed by atoms with van der Waals surface area (Å²) in [4.78, 5) is 60.0. The van der Waals surface area contributed by atoms with Crippen molar-refractivity contribution >= 4 is 23.9 Å². The monoisotopic (exact) mass is 1360 g/mol. The Morgan fingerprint density at radius 3 is 1.02 bits per heavy atom. The Kier molecular flexibility index (Phi) is 19.7. The van der Waals surface area contributed by atoms with E-state index in [0.717, 1.165) is 48.5 Å². The zero-order valence-corrected chi connectivity index (χ0v) is 52.3. The normalized spacial score (nSPS) is 16.1. The molecule has 2 aliphatic rings. The highest BCUT2D eigenvalue weighted by molar-refractivity contribution is 6.04. The van der Waals surface area contributed by atoms with Crippen molar-refractivity contribution in [3.05, 3.63) is 250 Å². The number of fused-ring (bicyclic) bond motifs is 5. The Balaban J connectivity index is 1.01. The van der Waals surface area contributed by atoms with Gasteiger partial charge in [-0.25, -0.2) is 19.2 Å². The van der Waals surface area contributed by atoms with Gasteiger partial charge in [0.1, 0.15) is 51.5 Å². The minimum atomic E-state index is -2.42. The number of carbonyl (C=O) groups excluding carboxylic acids is 4. The number of ether oxygens (including phenoxy) is 11. The predicted molar refractivity (Wildman–Crippen MR) is 349 cm³/mol. The van der Waals surface area contributed by atoms with Crippen molar-refractivity contribution < 1.29 is 122 Å². The number of phenols is 10. The van der Waals surface area contributed by atoms with E-state index in [1.807, 2.05) is 0 Å². The Hall–Kier alpha value is -13.2. The zero-order valence-electron chi connectivity index (χ0n) is 52.3. The second-order valence-corrected chi connectivity index (χ2v) is 22.7. The van der Waals surface area contributed by atoms with Crippen LogP contribution in [0.1, 0.15) is 69.2 Å². The highest BCUT2D eigenvalue weighted by atomic mass is 16.7. The first-order chi connectivity index (χ1) is 48.3. The highest BCUT2D eigenvalue weighted by Gasteiger charge is 2.55. The molecular weight excluding hydrogens is 1300 g/mol. The van der Waals surface area contributed by atoms with Crippen LogP contribution in [0.3, 0.4) is 0 Å². The maximum atomic E-state index is 15.0. The van der Waals surface area contributed by atoms with Crippen molar-refractivity contribution in [3.63, 3.8) is 0 Å². The van der Waals surface area contributed by atoms with Gasteiger partial charge in [-0.3, -0.25) is 0 Å². The van der Waals surface area contributed by atoms with Crippen LogP contribution < -0.4 is 28.4 Å². The number of carbonyl (C=O) groups is 4. The minimum Gasteiger partial charge on any atom is -0.504 e. The van der Waals surface area contributed by atoms with Crippen LogP contribution in [0.25, 0.3) is 11.1 Å². The zero-order chi connectivity index (χ0) is 70.1. The van der Waals surface area contributed by atoms with Crippen molar-refractivity contribution in [1.82, 2.24) is 0 Å². The molecule has 0 spiro atoms. The number of esters is 4. The summed E-state index contributed by atoms with van der Waals surface area (Å²) >= 11 is 0. The highest BCUT2D eigenvalue weighted by Crippen LogP contribution is 2.57. The fraction of sp³-hybridized carbons (Fsp3) is 0.147. The lowest BCUT2D eigenvalue weighted by Gasteiger charge is -2.44. The first kappa shape index (κ1) is 66.8.